The summed E-state index contributed by atoms with van der Waals surface area (Å²) >= 11 is 0. The summed E-state index contributed by atoms with van der Waals surface area (Å²) in [5.74, 6) is 0. The van der Waals surface area contributed by atoms with Crippen LogP contribution < -0.4 is 5.56 Å². The van der Waals surface area contributed by atoms with Gasteiger partial charge in [0, 0.05) is 6.20 Å². The van der Waals surface area contributed by atoms with Gasteiger partial charge in [-0.05, 0) is 12.1 Å². The standard InChI is InChI=1S/C9H8N2O2/c10-4-7-2-1-3-11(9(7)12)5-8-6-13-8/h1-3,8H,5-6H2/t8-/m0/s1. The second kappa shape index (κ2) is 3.04. The molecule has 0 amide bonds. The average molecular weight is 176 g/mol. The number of nitriles is 1. The monoisotopic (exact) mass is 176 g/mol. The van der Waals surface area contributed by atoms with E-state index in [-0.39, 0.29) is 17.2 Å². The lowest BCUT2D eigenvalue weighted by Gasteiger charge is -2.01. The van der Waals surface area contributed by atoms with Crippen molar-refractivity contribution in [2.24, 2.45) is 0 Å². The first-order chi connectivity index (χ1) is 6.31. The third-order valence-corrected chi connectivity index (χ3v) is 1.94. The molecule has 1 atom stereocenters. The fourth-order valence-corrected chi connectivity index (χ4v) is 1.16. The molecular formula is C9H8N2O2. The fourth-order valence-electron chi connectivity index (χ4n) is 1.16. The van der Waals surface area contributed by atoms with E-state index in [0.717, 1.165) is 0 Å². The van der Waals surface area contributed by atoms with Gasteiger partial charge in [-0.1, -0.05) is 0 Å². The van der Waals surface area contributed by atoms with Gasteiger partial charge < -0.3 is 9.30 Å². The summed E-state index contributed by atoms with van der Waals surface area (Å²) in [6.45, 7) is 1.26. The molecule has 0 unspecified atom stereocenters. The summed E-state index contributed by atoms with van der Waals surface area (Å²) in [7, 11) is 0. The summed E-state index contributed by atoms with van der Waals surface area (Å²) in [4.78, 5) is 11.4. The molecule has 1 aromatic heterocycles. The first kappa shape index (κ1) is 8.02. The van der Waals surface area contributed by atoms with Crippen LogP contribution in [0.1, 0.15) is 5.56 Å². The number of nitrogens with zero attached hydrogens (tertiary/aromatic N) is 2. The lowest BCUT2D eigenvalue weighted by molar-refractivity contribution is 0.380. The van der Waals surface area contributed by atoms with Crippen molar-refractivity contribution < 1.29 is 4.74 Å². The molecule has 0 saturated carbocycles. The maximum Gasteiger partial charge on any atom is 0.268 e. The van der Waals surface area contributed by atoms with Crippen molar-refractivity contribution in [3.8, 4) is 6.07 Å². The van der Waals surface area contributed by atoms with Crippen LogP contribution >= 0.6 is 0 Å². The predicted octanol–water partition coefficient (Wildman–Crippen LogP) is 0.119. The molecule has 4 heteroatoms. The molecule has 0 aromatic carbocycles. The van der Waals surface area contributed by atoms with Gasteiger partial charge in [-0.25, -0.2) is 0 Å². The Morgan fingerprint density at radius 3 is 3.15 bits per heavy atom. The van der Waals surface area contributed by atoms with E-state index in [1.54, 1.807) is 12.3 Å². The Hall–Kier alpha value is -1.60. The first-order valence-electron chi connectivity index (χ1n) is 4.02. The van der Waals surface area contributed by atoms with Crippen LogP contribution in [-0.4, -0.2) is 17.3 Å². The number of ether oxygens (including phenoxy) is 1. The van der Waals surface area contributed by atoms with Crippen LogP contribution in [0.3, 0.4) is 0 Å². The van der Waals surface area contributed by atoms with Crippen LogP contribution in [0.5, 0.6) is 0 Å². The van der Waals surface area contributed by atoms with E-state index in [2.05, 4.69) is 0 Å². The van der Waals surface area contributed by atoms with Crippen molar-refractivity contribution in [1.29, 1.82) is 5.26 Å². The third kappa shape index (κ3) is 1.60. The molecule has 1 fully saturated rings. The van der Waals surface area contributed by atoms with Crippen molar-refractivity contribution in [2.75, 3.05) is 6.61 Å². The van der Waals surface area contributed by atoms with Crippen LogP contribution in [0.4, 0.5) is 0 Å². The van der Waals surface area contributed by atoms with Crippen molar-refractivity contribution >= 4 is 0 Å². The SMILES string of the molecule is N#Cc1cccn(C[C@H]2CO2)c1=O. The molecule has 1 aromatic rings. The van der Waals surface area contributed by atoms with Crippen LogP contribution in [0.15, 0.2) is 23.1 Å². The largest absolute Gasteiger partial charge is 0.371 e. The van der Waals surface area contributed by atoms with Crippen LogP contribution in [-0.2, 0) is 11.3 Å². The van der Waals surface area contributed by atoms with Gasteiger partial charge in [0.2, 0.25) is 0 Å². The molecule has 1 saturated heterocycles. The first-order valence-corrected chi connectivity index (χ1v) is 4.02. The normalized spacial score (nSPS) is 19.5. The molecular weight excluding hydrogens is 168 g/mol. The minimum absolute atomic E-state index is 0.159. The summed E-state index contributed by atoms with van der Waals surface area (Å²) in [6, 6.07) is 5.07. The number of pyridine rings is 1. The Morgan fingerprint density at radius 1 is 1.77 bits per heavy atom. The zero-order valence-electron chi connectivity index (χ0n) is 6.93. The molecule has 2 rings (SSSR count). The highest BCUT2D eigenvalue weighted by Crippen LogP contribution is 2.10. The Kier molecular flexibility index (Phi) is 1.87. The smallest absolute Gasteiger partial charge is 0.268 e. The van der Waals surface area contributed by atoms with Crippen LogP contribution in [0.2, 0.25) is 0 Å². The molecule has 0 radical (unpaired) electrons. The zero-order chi connectivity index (χ0) is 9.26. The Bertz CT molecular complexity index is 412. The number of epoxide rings is 1. The summed E-state index contributed by atoms with van der Waals surface area (Å²) in [5.41, 5.74) is -0.0522. The maximum absolute atomic E-state index is 11.4. The molecule has 66 valence electrons. The average Bonchev–Trinajstić information content (AvgIpc) is 2.92. The van der Waals surface area contributed by atoms with Crippen molar-refractivity contribution in [1.82, 2.24) is 4.57 Å². The molecule has 4 nitrogen and oxygen atoms in total. The predicted molar refractivity (Wildman–Crippen MR) is 45.2 cm³/mol. The van der Waals surface area contributed by atoms with Gasteiger partial charge in [0.05, 0.1) is 19.3 Å². The summed E-state index contributed by atoms with van der Waals surface area (Å²) < 4.78 is 6.51. The van der Waals surface area contributed by atoms with Crippen LogP contribution in [0.25, 0.3) is 0 Å². The zero-order valence-corrected chi connectivity index (χ0v) is 6.93. The third-order valence-electron chi connectivity index (χ3n) is 1.94. The Morgan fingerprint density at radius 2 is 2.54 bits per heavy atom. The number of aromatic nitrogens is 1. The molecule has 1 aliphatic heterocycles. The fraction of sp³-hybridized carbons (Fsp3) is 0.333. The van der Waals surface area contributed by atoms with E-state index in [1.165, 1.54) is 10.6 Å². The second-order valence-electron chi connectivity index (χ2n) is 2.95. The Labute approximate surface area is 75.0 Å². The summed E-state index contributed by atoms with van der Waals surface area (Å²) in [5, 5.41) is 8.60. The highest BCUT2D eigenvalue weighted by atomic mass is 16.6. The minimum Gasteiger partial charge on any atom is -0.371 e. The molecule has 13 heavy (non-hydrogen) atoms. The highest BCUT2D eigenvalue weighted by molar-refractivity contribution is 5.24. The topological polar surface area (TPSA) is 58.3 Å². The second-order valence-corrected chi connectivity index (χ2v) is 2.95. The van der Waals surface area contributed by atoms with E-state index in [1.807, 2.05) is 6.07 Å². The van der Waals surface area contributed by atoms with Crippen LogP contribution in [0, 0.1) is 11.3 Å². The van der Waals surface area contributed by atoms with E-state index in [0.29, 0.717) is 13.2 Å². The van der Waals surface area contributed by atoms with E-state index in [9.17, 15) is 4.79 Å². The number of rotatable bonds is 2. The molecule has 0 aliphatic carbocycles. The van der Waals surface area contributed by atoms with Gasteiger partial charge in [-0.2, -0.15) is 5.26 Å². The van der Waals surface area contributed by atoms with E-state index < -0.39 is 0 Å². The molecule has 0 N–H and O–H groups in total. The van der Waals surface area contributed by atoms with Crippen molar-refractivity contribution in [3.63, 3.8) is 0 Å². The van der Waals surface area contributed by atoms with Crippen molar-refractivity contribution in [2.45, 2.75) is 12.6 Å². The molecule has 2 heterocycles. The summed E-state index contributed by atoms with van der Waals surface area (Å²) in [6.07, 6.45) is 1.83. The highest BCUT2D eigenvalue weighted by Gasteiger charge is 2.23. The van der Waals surface area contributed by atoms with E-state index in [4.69, 9.17) is 10.00 Å². The lowest BCUT2D eigenvalue weighted by Crippen LogP contribution is -2.23. The van der Waals surface area contributed by atoms with Gasteiger partial charge >= 0.3 is 0 Å². The maximum atomic E-state index is 11.4. The van der Waals surface area contributed by atoms with Gasteiger partial charge in [0.15, 0.2) is 0 Å². The van der Waals surface area contributed by atoms with Gasteiger partial charge in [0.25, 0.3) is 5.56 Å². The van der Waals surface area contributed by atoms with Gasteiger partial charge in [0.1, 0.15) is 11.6 Å². The van der Waals surface area contributed by atoms with Crippen molar-refractivity contribution in [3.05, 3.63) is 34.2 Å². The van der Waals surface area contributed by atoms with Gasteiger partial charge in [-0.3, -0.25) is 4.79 Å². The van der Waals surface area contributed by atoms with Gasteiger partial charge in [-0.15, -0.1) is 0 Å². The molecule has 0 bridgehead atoms. The molecule has 1 aliphatic rings. The number of hydrogen-bond acceptors (Lipinski definition) is 3. The van der Waals surface area contributed by atoms with E-state index >= 15 is 0 Å². The number of hydrogen-bond donors (Lipinski definition) is 0. The Balaban J connectivity index is 2.34. The minimum atomic E-state index is -0.236. The molecule has 0 spiro atoms. The lowest BCUT2D eigenvalue weighted by atomic mass is 10.3. The quantitative estimate of drug-likeness (QED) is 0.601.